The van der Waals surface area contributed by atoms with Crippen LogP contribution in [-0.4, -0.2) is 38.2 Å². The second-order valence-electron chi connectivity index (χ2n) is 4.08. The number of benzene rings is 1. The number of ether oxygens (including phenoxy) is 1. The molecule has 0 fully saturated rings. The zero-order valence-electron chi connectivity index (χ0n) is 11.2. The van der Waals surface area contributed by atoms with Gasteiger partial charge in [0.25, 0.3) is 0 Å². The number of anilines is 1. The molecule has 0 aliphatic heterocycles. The van der Waals surface area contributed by atoms with E-state index in [0.717, 1.165) is 17.6 Å². The van der Waals surface area contributed by atoms with Gasteiger partial charge in [0.2, 0.25) is 11.9 Å². The molecule has 7 nitrogen and oxygen atoms in total. The summed E-state index contributed by atoms with van der Waals surface area (Å²) in [5.41, 5.74) is 1.82. The lowest BCUT2D eigenvalue weighted by Crippen LogP contribution is -2.09. The minimum atomic E-state index is 0.267. The lowest BCUT2D eigenvalue weighted by molar-refractivity contribution is 0.378. The van der Waals surface area contributed by atoms with Gasteiger partial charge < -0.3 is 10.1 Å². The number of para-hydroxylation sites is 2. The molecule has 2 aromatic heterocycles. The van der Waals surface area contributed by atoms with Crippen LogP contribution < -0.4 is 10.1 Å². The molecular formula is C13H14N6O. The molecule has 0 atom stereocenters. The number of nitrogens with one attached hydrogen (secondary N) is 1. The van der Waals surface area contributed by atoms with Crippen molar-refractivity contribution < 1.29 is 4.74 Å². The van der Waals surface area contributed by atoms with Gasteiger partial charge in [0.1, 0.15) is 6.33 Å². The Bertz CT molecular complexity index is 739. The first-order valence-corrected chi connectivity index (χ1v) is 6.28. The Morgan fingerprint density at radius 2 is 2.05 bits per heavy atom. The first kappa shape index (κ1) is 12.3. The van der Waals surface area contributed by atoms with E-state index >= 15 is 0 Å². The molecule has 7 heteroatoms. The van der Waals surface area contributed by atoms with E-state index in [1.807, 2.05) is 31.2 Å². The van der Waals surface area contributed by atoms with Crippen molar-refractivity contribution >= 4 is 17.0 Å². The van der Waals surface area contributed by atoms with Crippen molar-refractivity contribution in [1.29, 1.82) is 0 Å². The SMILES string of the molecule is CCNc1nc(OC)nc(-n2cnc3ccccc32)n1. The van der Waals surface area contributed by atoms with Crippen molar-refractivity contribution in [2.45, 2.75) is 6.92 Å². The molecule has 3 aromatic rings. The Kier molecular flexibility index (Phi) is 3.16. The highest BCUT2D eigenvalue weighted by Crippen LogP contribution is 2.17. The van der Waals surface area contributed by atoms with Crippen LogP contribution in [0.5, 0.6) is 6.01 Å². The van der Waals surface area contributed by atoms with Crippen molar-refractivity contribution in [2.75, 3.05) is 19.0 Å². The second kappa shape index (κ2) is 5.12. The summed E-state index contributed by atoms with van der Waals surface area (Å²) in [5, 5.41) is 3.06. The van der Waals surface area contributed by atoms with Gasteiger partial charge in [0.05, 0.1) is 18.1 Å². The lowest BCUT2D eigenvalue weighted by Gasteiger charge is -2.07. The smallest absolute Gasteiger partial charge is 0.322 e. The topological polar surface area (TPSA) is 77.8 Å². The number of hydrogen-bond acceptors (Lipinski definition) is 6. The van der Waals surface area contributed by atoms with Crippen LogP contribution in [0.15, 0.2) is 30.6 Å². The zero-order chi connectivity index (χ0) is 13.9. The summed E-state index contributed by atoms with van der Waals surface area (Å²) >= 11 is 0. The highest BCUT2D eigenvalue weighted by molar-refractivity contribution is 5.76. The third-order valence-electron chi connectivity index (χ3n) is 2.79. The highest BCUT2D eigenvalue weighted by Gasteiger charge is 2.11. The molecule has 2 heterocycles. The Labute approximate surface area is 115 Å². The minimum Gasteiger partial charge on any atom is -0.467 e. The average molecular weight is 270 g/mol. The quantitative estimate of drug-likeness (QED) is 0.776. The Morgan fingerprint density at radius 3 is 2.85 bits per heavy atom. The van der Waals surface area contributed by atoms with Gasteiger partial charge in [-0.2, -0.15) is 15.0 Å². The van der Waals surface area contributed by atoms with Gasteiger partial charge in [-0.1, -0.05) is 12.1 Å². The number of fused-ring (bicyclic) bond motifs is 1. The molecule has 3 rings (SSSR count). The second-order valence-corrected chi connectivity index (χ2v) is 4.08. The summed E-state index contributed by atoms with van der Waals surface area (Å²) in [4.78, 5) is 17.1. The fourth-order valence-electron chi connectivity index (χ4n) is 1.90. The van der Waals surface area contributed by atoms with Gasteiger partial charge in [-0.05, 0) is 19.1 Å². The van der Waals surface area contributed by atoms with E-state index in [-0.39, 0.29) is 6.01 Å². The van der Waals surface area contributed by atoms with Crippen molar-refractivity contribution in [3.05, 3.63) is 30.6 Å². The Balaban J connectivity index is 2.15. The first-order chi connectivity index (χ1) is 9.81. The van der Waals surface area contributed by atoms with Crippen LogP contribution in [0.3, 0.4) is 0 Å². The standard InChI is InChI=1S/C13H14N6O/c1-3-14-11-16-12(18-13(17-11)20-2)19-8-15-9-6-4-5-7-10(9)19/h4-8H,3H2,1-2H3,(H,14,16,17,18). The average Bonchev–Trinajstić information content (AvgIpc) is 2.91. The molecule has 0 aliphatic rings. The minimum absolute atomic E-state index is 0.267. The van der Waals surface area contributed by atoms with Crippen LogP contribution in [0, 0.1) is 0 Å². The largest absolute Gasteiger partial charge is 0.467 e. The molecular weight excluding hydrogens is 256 g/mol. The predicted octanol–water partition coefficient (Wildman–Crippen LogP) is 1.65. The van der Waals surface area contributed by atoms with E-state index in [0.29, 0.717) is 11.9 Å². The molecule has 0 saturated carbocycles. The van der Waals surface area contributed by atoms with Crippen LogP contribution >= 0.6 is 0 Å². The van der Waals surface area contributed by atoms with E-state index < -0.39 is 0 Å². The fourth-order valence-corrected chi connectivity index (χ4v) is 1.90. The van der Waals surface area contributed by atoms with E-state index in [1.165, 1.54) is 7.11 Å². The first-order valence-electron chi connectivity index (χ1n) is 6.28. The molecule has 1 N–H and O–H groups in total. The molecule has 0 spiro atoms. The number of methoxy groups -OCH3 is 1. The molecule has 102 valence electrons. The Morgan fingerprint density at radius 1 is 1.20 bits per heavy atom. The Hall–Kier alpha value is -2.70. The van der Waals surface area contributed by atoms with E-state index in [4.69, 9.17) is 4.74 Å². The molecule has 20 heavy (non-hydrogen) atoms. The number of aromatic nitrogens is 5. The summed E-state index contributed by atoms with van der Waals surface area (Å²) in [6.07, 6.45) is 1.69. The monoisotopic (exact) mass is 270 g/mol. The van der Waals surface area contributed by atoms with Crippen LogP contribution in [0.25, 0.3) is 17.0 Å². The van der Waals surface area contributed by atoms with E-state index in [9.17, 15) is 0 Å². The number of nitrogens with zero attached hydrogens (tertiary/aromatic N) is 5. The normalized spacial score (nSPS) is 10.7. The zero-order valence-corrected chi connectivity index (χ0v) is 11.2. The van der Waals surface area contributed by atoms with Gasteiger partial charge in [-0.3, -0.25) is 4.57 Å². The van der Waals surface area contributed by atoms with Crippen molar-refractivity contribution in [3.63, 3.8) is 0 Å². The maximum Gasteiger partial charge on any atom is 0.322 e. The summed E-state index contributed by atoms with van der Waals surface area (Å²) in [7, 11) is 1.53. The number of rotatable bonds is 4. The predicted molar refractivity (Wildman–Crippen MR) is 75.2 cm³/mol. The van der Waals surface area contributed by atoms with Crippen LogP contribution in [-0.2, 0) is 0 Å². The maximum absolute atomic E-state index is 5.12. The third-order valence-corrected chi connectivity index (χ3v) is 2.79. The third kappa shape index (κ3) is 2.13. The van der Waals surface area contributed by atoms with Crippen molar-refractivity contribution in [3.8, 4) is 12.0 Å². The summed E-state index contributed by atoms with van der Waals surface area (Å²) in [5.74, 6) is 0.952. The number of imidazole rings is 1. The van der Waals surface area contributed by atoms with Gasteiger partial charge in [0.15, 0.2) is 0 Å². The molecule has 1 aromatic carbocycles. The molecule has 0 saturated heterocycles. The van der Waals surface area contributed by atoms with Gasteiger partial charge in [0, 0.05) is 6.54 Å². The van der Waals surface area contributed by atoms with E-state index in [1.54, 1.807) is 10.9 Å². The van der Waals surface area contributed by atoms with Crippen LogP contribution in [0.4, 0.5) is 5.95 Å². The summed E-state index contributed by atoms with van der Waals surface area (Å²) < 4.78 is 6.92. The number of hydrogen-bond donors (Lipinski definition) is 1. The molecule has 0 amide bonds. The van der Waals surface area contributed by atoms with Gasteiger partial charge >= 0.3 is 6.01 Å². The van der Waals surface area contributed by atoms with Crippen LogP contribution in [0.1, 0.15) is 6.92 Å². The van der Waals surface area contributed by atoms with Crippen molar-refractivity contribution in [2.24, 2.45) is 0 Å². The molecule has 0 unspecified atom stereocenters. The van der Waals surface area contributed by atoms with Crippen molar-refractivity contribution in [1.82, 2.24) is 24.5 Å². The van der Waals surface area contributed by atoms with E-state index in [2.05, 4.69) is 25.3 Å². The van der Waals surface area contributed by atoms with Crippen LogP contribution in [0.2, 0.25) is 0 Å². The lowest BCUT2D eigenvalue weighted by atomic mass is 10.3. The van der Waals surface area contributed by atoms with Gasteiger partial charge in [-0.25, -0.2) is 4.98 Å². The summed E-state index contributed by atoms with van der Waals surface area (Å²) in [6, 6.07) is 8.06. The maximum atomic E-state index is 5.12. The van der Waals surface area contributed by atoms with Gasteiger partial charge in [-0.15, -0.1) is 0 Å². The summed E-state index contributed by atoms with van der Waals surface area (Å²) in [6.45, 7) is 2.69. The highest BCUT2D eigenvalue weighted by atomic mass is 16.5. The molecule has 0 aliphatic carbocycles. The molecule has 0 radical (unpaired) electrons. The molecule has 0 bridgehead atoms. The fraction of sp³-hybridized carbons (Fsp3) is 0.231.